The summed E-state index contributed by atoms with van der Waals surface area (Å²) in [4.78, 5) is 1.17. The highest BCUT2D eigenvalue weighted by Crippen LogP contribution is 2.34. The first-order chi connectivity index (χ1) is 10.1. The molecule has 0 bridgehead atoms. The van der Waals surface area contributed by atoms with Gasteiger partial charge in [0.05, 0.1) is 5.69 Å². The van der Waals surface area contributed by atoms with Crippen molar-refractivity contribution in [2.24, 2.45) is 0 Å². The molecule has 0 fully saturated rings. The molecule has 3 rings (SSSR count). The van der Waals surface area contributed by atoms with Crippen molar-refractivity contribution in [2.45, 2.75) is 30.5 Å². The van der Waals surface area contributed by atoms with Crippen LogP contribution in [-0.4, -0.2) is 14.9 Å². The maximum absolute atomic E-state index is 9.92. The Morgan fingerprint density at radius 2 is 1.86 bits per heavy atom. The summed E-state index contributed by atoms with van der Waals surface area (Å²) in [7, 11) is 0. The van der Waals surface area contributed by atoms with Crippen LogP contribution in [0, 0.1) is 0 Å². The highest BCUT2D eigenvalue weighted by molar-refractivity contribution is 7.98. The predicted octanol–water partition coefficient (Wildman–Crippen LogP) is 4.62. The molecule has 0 aliphatic heterocycles. The van der Waals surface area contributed by atoms with Crippen LogP contribution >= 0.6 is 11.8 Å². The lowest BCUT2D eigenvalue weighted by Gasteiger charge is -2.07. The molecule has 3 nitrogen and oxygen atoms in total. The van der Waals surface area contributed by atoms with Gasteiger partial charge in [-0.05, 0) is 37.4 Å². The van der Waals surface area contributed by atoms with E-state index in [4.69, 9.17) is 0 Å². The highest BCUT2D eigenvalue weighted by Gasteiger charge is 2.07. The summed E-state index contributed by atoms with van der Waals surface area (Å²) in [5.41, 5.74) is 1.07. The lowest BCUT2D eigenvalue weighted by Crippen LogP contribution is -2.01. The van der Waals surface area contributed by atoms with Crippen LogP contribution in [-0.2, 0) is 5.75 Å². The highest BCUT2D eigenvalue weighted by atomic mass is 32.2. The zero-order chi connectivity index (χ0) is 14.8. The van der Waals surface area contributed by atoms with Gasteiger partial charge in [-0.25, -0.2) is 0 Å². The first-order valence-electron chi connectivity index (χ1n) is 7.02. The molecule has 1 N–H and O–H groups in total. The van der Waals surface area contributed by atoms with Gasteiger partial charge in [0, 0.05) is 28.3 Å². The minimum atomic E-state index is 0.332. The van der Waals surface area contributed by atoms with Gasteiger partial charge < -0.3 is 5.11 Å². The minimum absolute atomic E-state index is 0.332. The van der Waals surface area contributed by atoms with E-state index in [-0.39, 0.29) is 0 Å². The van der Waals surface area contributed by atoms with E-state index in [0.717, 1.165) is 22.2 Å². The fraction of sp³-hybridized carbons (Fsp3) is 0.235. The second kappa shape index (κ2) is 5.82. The maximum Gasteiger partial charge on any atom is 0.123 e. The molecule has 108 valence electrons. The summed E-state index contributed by atoms with van der Waals surface area (Å²) in [6.07, 6.45) is 2.02. The maximum atomic E-state index is 9.92. The molecule has 0 radical (unpaired) electrons. The van der Waals surface area contributed by atoms with E-state index in [0.29, 0.717) is 11.8 Å². The van der Waals surface area contributed by atoms with Crippen LogP contribution in [0.5, 0.6) is 5.75 Å². The van der Waals surface area contributed by atoms with Gasteiger partial charge in [0.25, 0.3) is 0 Å². The molecule has 1 aromatic heterocycles. The molecule has 2 aromatic carbocycles. The quantitative estimate of drug-likeness (QED) is 0.714. The Morgan fingerprint density at radius 3 is 2.57 bits per heavy atom. The van der Waals surface area contributed by atoms with Gasteiger partial charge in [-0.1, -0.05) is 24.3 Å². The van der Waals surface area contributed by atoms with Crippen molar-refractivity contribution in [1.82, 2.24) is 9.78 Å². The molecule has 0 aliphatic carbocycles. The van der Waals surface area contributed by atoms with Crippen molar-refractivity contribution in [2.75, 3.05) is 0 Å². The molecule has 0 aliphatic rings. The number of aromatic hydroxyl groups is 1. The van der Waals surface area contributed by atoms with Crippen molar-refractivity contribution in [1.29, 1.82) is 0 Å². The Labute approximate surface area is 128 Å². The van der Waals surface area contributed by atoms with Gasteiger partial charge in [-0.15, -0.1) is 11.8 Å². The van der Waals surface area contributed by atoms with Crippen LogP contribution in [0.25, 0.3) is 10.8 Å². The van der Waals surface area contributed by atoms with Crippen LogP contribution < -0.4 is 0 Å². The Balaban J connectivity index is 1.83. The fourth-order valence-electron chi connectivity index (χ4n) is 2.28. The first kappa shape index (κ1) is 14.0. The topological polar surface area (TPSA) is 38.0 Å². The lowest BCUT2D eigenvalue weighted by atomic mass is 10.1. The number of thioether (sulfide) groups is 1. The van der Waals surface area contributed by atoms with Gasteiger partial charge in [0.1, 0.15) is 5.75 Å². The molecule has 0 atom stereocenters. The van der Waals surface area contributed by atoms with Crippen molar-refractivity contribution in [3.8, 4) is 5.75 Å². The second-order valence-corrected chi connectivity index (χ2v) is 6.32. The molecule has 1 heterocycles. The molecule has 0 saturated carbocycles. The van der Waals surface area contributed by atoms with E-state index >= 15 is 0 Å². The Hall–Kier alpha value is -1.94. The average molecular weight is 298 g/mol. The van der Waals surface area contributed by atoms with Gasteiger partial charge >= 0.3 is 0 Å². The van der Waals surface area contributed by atoms with E-state index in [9.17, 15) is 5.11 Å². The van der Waals surface area contributed by atoms with E-state index in [1.54, 1.807) is 17.8 Å². The summed E-state index contributed by atoms with van der Waals surface area (Å²) in [5, 5.41) is 16.5. The normalized spacial score (nSPS) is 11.4. The summed E-state index contributed by atoms with van der Waals surface area (Å²) < 4.78 is 1.98. The number of fused-ring (bicyclic) bond motifs is 1. The zero-order valence-electron chi connectivity index (χ0n) is 12.2. The summed E-state index contributed by atoms with van der Waals surface area (Å²) in [5.74, 6) is 1.16. The first-order valence-corrected chi connectivity index (χ1v) is 8.01. The summed E-state index contributed by atoms with van der Waals surface area (Å²) >= 11 is 1.75. The second-order valence-electron chi connectivity index (χ2n) is 5.30. The molecule has 0 spiro atoms. The number of aromatic nitrogens is 2. The number of nitrogens with zero attached hydrogens (tertiary/aromatic N) is 2. The third-order valence-corrected chi connectivity index (χ3v) is 4.54. The number of hydrogen-bond acceptors (Lipinski definition) is 3. The number of benzene rings is 2. The number of rotatable bonds is 4. The van der Waals surface area contributed by atoms with E-state index in [1.165, 1.54) is 4.90 Å². The number of hydrogen-bond donors (Lipinski definition) is 1. The Morgan fingerprint density at radius 1 is 1.10 bits per heavy atom. The molecular formula is C17H18N2OS. The monoisotopic (exact) mass is 298 g/mol. The number of phenols is 1. The minimum Gasteiger partial charge on any atom is -0.507 e. The molecule has 0 saturated heterocycles. The van der Waals surface area contributed by atoms with E-state index in [1.807, 2.05) is 41.2 Å². The zero-order valence-corrected chi connectivity index (χ0v) is 13.0. The van der Waals surface area contributed by atoms with Crippen LogP contribution in [0.1, 0.15) is 25.6 Å². The Bertz CT molecular complexity index is 764. The molecule has 21 heavy (non-hydrogen) atoms. The van der Waals surface area contributed by atoms with Gasteiger partial charge in [0.15, 0.2) is 0 Å². The van der Waals surface area contributed by atoms with Gasteiger partial charge in [-0.3, -0.25) is 4.68 Å². The van der Waals surface area contributed by atoms with E-state index < -0.39 is 0 Å². The SMILES string of the molecule is CC(C)n1ccc(CSc2ccc(O)c3ccccc23)n1. The standard InChI is InChI=1S/C17H18N2OS/c1-12(2)19-10-9-13(18-19)11-21-17-8-7-16(20)14-5-3-4-6-15(14)17/h3-10,12,20H,11H2,1-2H3. The third-order valence-electron chi connectivity index (χ3n) is 3.43. The van der Waals surface area contributed by atoms with Crippen LogP contribution in [0.2, 0.25) is 0 Å². The van der Waals surface area contributed by atoms with Crippen molar-refractivity contribution < 1.29 is 5.11 Å². The fourth-order valence-corrected chi connectivity index (χ4v) is 3.23. The molecular weight excluding hydrogens is 280 g/mol. The smallest absolute Gasteiger partial charge is 0.123 e. The van der Waals surface area contributed by atoms with Crippen LogP contribution in [0.3, 0.4) is 0 Å². The van der Waals surface area contributed by atoms with Gasteiger partial charge in [-0.2, -0.15) is 5.10 Å². The third kappa shape index (κ3) is 2.90. The Kier molecular flexibility index (Phi) is 3.88. The van der Waals surface area contributed by atoms with Crippen LogP contribution in [0.15, 0.2) is 53.6 Å². The lowest BCUT2D eigenvalue weighted by molar-refractivity contribution is 0.481. The molecule has 0 unspecified atom stereocenters. The van der Waals surface area contributed by atoms with Crippen LogP contribution in [0.4, 0.5) is 0 Å². The molecule has 3 aromatic rings. The summed E-state index contributed by atoms with van der Waals surface area (Å²) in [6, 6.07) is 14.1. The van der Waals surface area contributed by atoms with Crippen molar-refractivity contribution >= 4 is 22.5 Å². The number of phenolic OH excluding ortho intramolecular Hbond substituents is 1. The van der Waals surface area contributed by atoms with Crippen molar-refractivity contribution in [3.63, 3.8) is 0 Å². The van der Waals surface area contributed by atoms with Gasteiger partial charge in [0.2, 0.25) is 0 Å². The molecule has 0 amide bonds. The molecule has 4 heteroatoms. The largest absolute Gasteiger partial charge is 0.507 e. The summed E-state index contributed by atoms with van der Waals surface area (Å²) in [6.45, 7) is 4.24. The van der Waals surface area contributed by atoms with E-state index in [2.05, 4.69) is 25.0 Å². The average Bonchev–Trinajstić information content (AvgIpc) is 2.96. The van der Waals surface area contributed by atoms with Crippen molar-refractivity contribution in [3.05, 3.63) is 54.4 Å². The predicted molar refractivity (Wildman–Crippen MR) is 87.8 cm³/mol.